The third-order valence-electron chi connectivity index (χ3n) is 4.18. The van der Waals surface area contributed by atoms with Crippen LogP contribution in [0.25, 0.3) is 0 Å². The highest BCUT2D eigenvalue weighted by atomic mass is 16.3. The number of aliphatic imine (C=N–C) groups is 1. The lowest BCUT2D eigenvalue weighted by molar-refractivity contribution is 0.474. The van der Waals surface area contributed by atoms with Crippen molar-refractivity contribution in [1.82, 2.24) is 0 Å². The van der Waals surface area contributed by atoms with Crippen LogP contribution in [0.2, 0.25) is 0 Å². The number of aryl methyl sites for hydroxylation is 1. The first-order chi connectivity index (χ1) is 10.8. The fourth-order valence-corrected chi connectivity index (χ4v) is 2.82. The molecule has 124 valence electrons. The van der Waals surface area contributed by atoms with E-state index in [-0.39, 0.29) is 0 Å². The van der Waals surface area contributed by atoms with Crippen LogP contribution in [-0.2, 0) is 6.42 Å². The van der Waals surface area contributed by atoms with Crippen LogP contribution in [0.15, 0.2) is 23.2 Å². The van der Waals surface area contributed by atoms with E-state index in [9.17, 15) is 5.11 Å². The number of benzene rings is 1. The van der Waals surface area contributed by atoms with E-state index < -0.39 is 0 Å². The first kappa shape index (κ1) is 18.7. The molecule has 0 aliphatic carbocycles. The maximum Gasteiger partial charge on any atom is 0.124 e. The van der Waals surface area contributed by atoms with Gasteiger partial charge < -0.3 is 5.11 Å². The highest BCUT2D eigenvalue weighted by Crippen LogP contribution is 2.18. The van der Waals surface area contributed by atoms with Gasteiger partial charge in [-0.2, -0.15) is 0 Å². The molecule has 1 N–H and O–H groups in total. The number of aromatic hydroxyl groups is 1. The van der Waals surface area contributed by atoms with Crippen molar-refractivity contribution in [2.75, 3.05) is 7.05 Å². The molecule has 0 fully saturated rings. The van der Waals surface area contributed by atoms with Crippen molar-refractivity contribution in [2.24, 2.45) is 4.99 Å². The van der Waals surface area contributed by atoms with E-state index in [1.165, 1.54) is 69.8 Å². The van der Waals surface area contributed by atoms with E-state index in [4.69, 9.17) is 0 Å². The number of hydrogen-bond acceptors (Lipinski definition) is 2. The van der Waals surface area contributed by atoms with Crippen LogP contribution in [0.5, 0.6) is 5.75 Å². The lowest BCUT2D eigenvalue weighted by Crippen LogP contribution is -1.90. The minimum atomic E-state index is 0.317. The minimum absolute atomic E-state index is 0.317. The number of nitrogens with zero attached hydrogens (tertiary/aromatic N) is 1. The Morgan fingerprint density at radius 2 is 1.50 bits per heavy atom. The monoisotopic (exact) mass is 303 g/mol. The summed E-state index contributed by atoms with van der Waals surface area (Å²) in [6.45, 7) is 2.27. The van der Waals surface area contributed by atoms with Crippen molar-refractivity contribution in [3.8, 4) is 5.75 Å². The van der Waals surface area contributed by atoms with Crippen molar-refractivity contribution in [3.05, 3.63) is 29.3 Å². The van der Waals surface area contributed by atoms with Gasteiger partial charge in [0.2, 0.25) is 0 Å². The average molecular weight is 303 g/mol. The molecule has 2 nitrogen and oxygen atoms in total. The molecule has 0 bridgehead atoms. The van der Waals surface area contributed by atoms with Gasteiger partial charge in [0.1, 0.15) is 5.75 Å². The molecule has 0 radical (unpaired) electrons. The van der Waals surface area contributed by atoms with Crippen LogP contribution in [-0.4, -0.2) is 18.4 Å². The Labute approximate surface area is 136 Å². The van der Waals surface area contributed by atoms with Gasteiger partial charge in [0.25, 0.3) is 0 Å². The van der Waals surface area contributed by atoms with E-state index in [0.717, 1.165) is 12.0 Å². The molecule has 0 aliphatic heterocycles. The number of hydrogen-bond donors (Lipinski definition) is 1. The summed E-state index contributed by atoms with van der Waals surface area (Å²) in [5.74, 6) is 0.317. The molecule has 0 unspecified atom stereocenters. The smallest absolute Gasteiger partial charge is 0.124 e. The molecule has 0 heterocycles. The van der Waals surface area contributed by atoms with E-state index in [2.05, 4.69) is 18.0 Å². The van der Waals surface area contributed by atoms with Crippen LogP contribution in [0, 0.1) is 0 Å². The summed E-state index contributed by atoms with van der Waals surface area (Å²) in [5, 5.41) is 9.72. The first-order valence-electron chi connectivity index (χ1n) is 9.02. The SMILES string of the molecule is CCCCCCCCCCCCc1ccc(O)c(C=NC)c1. The molecule has 0 atom stereocenters. The van der Waals surface area contributed by atoms with Crippen molar-refractivity contribution >= 4 is 6.21 Å². The molecule has 2 heteroatoms. The van der Waals surface area contributed by atoms with Crippen LogP contribution in [0.4, 0.5) is 0 Å². The van der Waals surface area contributed by atoms with Gasteiger partial charge in [-0.15, -0.1) is 0 Å². The molecule has 0 aromatic heterocycles. The molecule has 0 saturated heterocycles. The van der Waals surface area contributed by atoms with Gasteiger partial charge in [-0.3, -0.25) is 4.99 Å². The largest absolute Gasteiger partial charge is 0.507 e. The van der Waals surface area contributed by atoms with Gasteiger partial charge in [-0.1, -0.05) is 70.8 Å². The molecule has 0 saturated carbocycles. The topological polar surface area (TPSA) is 32.6 Å². The second kappa shape index (κ2) is 12.3. The second-order valence-corrected chi connectivity index (χ2v) is 6.21. The maximum atomic E-state index is 9.72. The molecule has 0 spiro atoms. The zero-order chi connectivity index (χ0) is 16.0. The number of phenols is 1. The van der Waals surface area contributed by atoms with Crippen molar-refractivity contribution in [2.45, 2.75) is 77.6 Å². The summed E-state index contributed by atoms with van der Waals surface area (Å²) in [6.07, 6.45) is 16.5. The van der Waals surface area contributed by atoms with Crippen LogP contribution in [0.3, 0.4) is 0 Å². The normalized spacial score (nSPS) is 11.4. The van der Waals surface area contributed by atoms with Crippen molar-refractivity contribution in [3.63, 3.8) is 0 Å². The first-order valence-corrected chi connectivity index (χ1v) is 9.02. The van der Waals surface area contributed by atoms with Crippen molar-refractivity contribution < 1.29 is 5.11 Å². The summed E-state index contributed by atoms with van der Waals surface area (Å²) in [5.41, 5.74) is 2.12. The van der Waals surface area contributed by atoms with Gasteiger partial charge in [0, 0.05) is 18.8 Å². The van der Waals surface area contributed by atoms with Crippen LogP contribution >= 0.6 is 0 Å². The number of unbranched alkanes of at least 4 members (excludes halogenated alkanes) is 9. The van der Waals surface area contributed by atoms with Gasteiger partial charge in [-0.05, 0) is 30.5 Å². The molecule has 1 aromatic rings. The Morgan fingerprint density at radius 3 is 2.09 bits per heavy atom. The maximum absolute atomic E-state index is 9.72. The fourth-order valence-electron chi connectivity index (χ4n) is 2.82. The quantitative estimate of drug-likeness (QED) is 0.378. The highest BCUT2D eigenvalue weighted by Gasteiger charge is 2.01. The minimum Gasteiger partial charge on any atom is -0.507 e. The lowest BCUT2D eigenvalue weighted by Gasteiger charge is -2.05. The van der Waals surface area contributed by atoms with Crippen molar-refractivity contribution in [1.29, 1.82) is 0 Å². The molecule has 0 amide bonds. The zero-order valence-electron chi connectivity index (χ0n) is 14.5. The van der Waals surface area contributed by atoms with E-state index in [1.54, 1.807) is 19.3 Å². The van der Waals surface area contributed by atoms with Crippen LogP contribution in [0.1, 0.15) is 82.3 Å². The Bertz CT molecular complexity index is 426. The molecular weight excluding hydrogens is 270 g/mol. The highest BCUT2D eigenvalue weighted by molar-refractivity contribution is 5.83. The third-order valence-corrected chi connectivity index (χ3v) is 4.18. The molecule has 1 rings (SSSR count). The fraction of sp³-hybridized carbons (Fsp3) is 0.650. The Kier molecular flexibility index (Phi) is 10.4. The van der Waals surface area contributed by atoms with E-state index in [1.807, 2.05) is 6.07 Å². The Morgan fingerprint density at radius 1 is 0.909 bits per heavy atom. The van der Waals surface area contributed by atoms with Gasteiger partial charge in [0.15, 0.2) is 0 Å². The summed E-state index contributed by atoms with van der Waals surface area (Å²) in [4.78, 5) is 3.98. The predicted molar refractivity (Wildman–Crippen MR) is 97.2 cm³/mol. The number of rotatable bonds is 12. The lowest BCUT2D eigenvalue weighted by atomic mass is 10.0. The standard InChI is InChI=1S/C20H33NO/c1-3-4-5-6-7-8-9-10-11-12-13-18-14-15-20(22)19(16-18)17-21-2/h14-17,22H,3-13H2,1-2H3. The molecule has 22 heavy (non-hydrogen) atoms. The molecule has 0 aliphatic rings. The average Bonchev–Trinajstić information content (AvgIpc) is 2.52. The summed E-state index contributed by atoms with van der Waals surface area (Å²) >= 11 is 0. The van der Waals surface area contributed by atoms with Gasteiger partial charge in [0.05, 0.1) is 0 Å². The number of phenolic OH excluding ortho intramolecular Hbond substituents is 1. The molecule has 1 aromatic carbocycles. The zero-order valence-corrected chi connectivity index (χ0v) is 14.5. The molecular formula is C20H33NO. The third kappa shape index (κ3) is 8.21. The van der Waals surface area contributed by atoms with E-state index >= 15 is 0 Å². The summed E-state index contributed by atoms with van der Waals surface area (Å²) in [6, 6.07) is 5.86. The summed E-state index contributed by atoms with van der Waals surface area (Å²) < 4.78 is 0. The second-order valence-electron chi connectivity index (χ2n) is 6.21. The van der Waals surface area contributed by atoms with E-state index in [0.29, 0.717) is 5.75 Å². The Balaban J connectivity index is 2.08. The summed E-state index contributed by atoms with van der Waals surface area (Å²) in [7, 11) is 1.73. The van der Waals surface area contributed by atoms with Gasteiger partial charge >= 0.3 is 0 Å². The van der Waals surface area contributed by atoms with Gasteiger partial charge in [-0.25, -0.2) is 0 Å². The Hall–Kier alpha value is -1.31. The van der Waals surface area contributed by atoms with Crippen LogP contribution < -0.4 is 0 Å². The predicted octanol–water partition coefficient (Wildman–Crippen LogP) is 5.90.